The number of amides is 6. The Balaban J connectivity index is 1.26. The number of fused-ring (bicyclic) bond motifs is 14. The SMILES string of the molecule is CN[C@H](CC(C)C)C(=O)N[C@H]1C(=O)N[C@@H](CC(N)=O)C(=O)N[C@H]2C(N)=N[C@H]3C(=O)N[C@H](C(=O)N[C@H](CO)c4cc(OC)cc(OC)c4-c4cc3ccc4O)[C@H](O)c3ccc(c(Cl)c3)Oc3cc2cc(c3O[C@@H]2O[C@H](CO)[C@@H](O)[C@H](O)[C@H]2O[C@H]2C[C@](C)(N)[C@H](O)[C@H](C)O2)Oc2ccc(cc2Cl)[C@H]1O. The molecule has 0 aromatic heterocycles. The molecule has 0 spiro atoms. The van der Waals surface area contributed by atoms with Crippen molar-refractivity contribution in [2.24, 2.45) is 28.1 Å². The standard InChI is InChI=1S/C68H82Cl2N10O22/c1-26(2)14-37(74-5)62(90)79-52-54(85)29-9-12-41(35(69)16-29)98-44-18-31-19-45(58(44)102-67-59(57(88)56(87)46(25-82)100-67)101-48-23-68(4,73)60(89)27(3)97-48)99-42-13-10-30(17-36(42)70)55(86)53-66(94)76-39(24-81)33-20-32(95-6)21-43(96-7)49(33)34-15-28(8-11-40(34)83)51(64(92)80-53)77-61(72)50(31)78-63(91)38(22-47(71)84)75-65(52)93/h8-13,15-21,26-27,37-39,46,48,50-57,59-60,67,74,81-83,85-89H,14,22-25,73H2,1-7H3,(H2,71,84)(H2,72,77)(H,75,93)(H,76,94)(H,78,91)(H,79,90)(H,80,92)/t27-,37+,38-,39+,46+,48-,50+,51+,52+,53-,54+,55+,56+,57-,59+,60+,67-,68-/m0/s1. The number of halogens is 2. The Labute approximate surface area is 594 Å². The van der Waals surface area contributed by atoms with E-state index in [1.165, 1.54) is 114 Å². The molecule has 5 aromatic carbocycles. The van der Waals surface area contributed by atoms with Gasteiger partial charge in [0.15, 0.2) is 29.9 Å². The molecule has 7 aliphatic heterocycles. The van der Waals surface area contributed by atoms with E-state index in [0.29, 0.717) is 0 Å². The quantitative estimate of drug-likeness (QED) is 0.0691. The van der Waals surface area contributed by atoms with Crippen LogP contribution in [0.1, 0.15) is 105 Å². The van der Waals surface area contributed by atoms with E-state index >= 15 is 14.4 Å². The summed E-state index contributed by atoms with van der Waals surface area (Å²) in [6.45, 7) is 5.00. The molecular formula is C68H82Cl2N10O22. The number of aromatic hydroxyl groups is 1. The number of nitrogens with one attached hydrogen (secondary N) is 6. The summed E-state index contributed by atoms with van der Waals surface area (Å²) in [6.07, 6.45) is -17.8. The highest BCUT2D eigenvalue weighted by Gasteiger charge is 2.51. The third-order valence-electron chi connectivity index (χ3n) is 18.2. The predicted octanol–water partition coefficient (Wildman–Crippen LogP) is 0.861. The van der Waals surface area contributed by atoms with Crippen molar-refractivity contribution in [1.82, 2.24) is 31.9 Å². The molecule has 32 nitrogen and oxygen atoms in total. The summed E-state index contributed by atoms with van der Waals surface area (Å²) in [6, 6.07) is 4.11. The molecule has 102 heavy (non-hydrogen) atoms. The van der Waals surface area contributed by atoms with Crippen molar-refractivity contribution in [3.8, 4) is 57.1 Å². The van der Waals surface area contributed by atoms with Crippen LogP contribution in [0, 0.1) is 5.92 Å². The van der Waals surface area contributed by atoms with Crippen molar-refractivity contribution < 1.29 is 108 Å². The first-order valence-electron chi connectivity index (χ1n) is 32.4. The molecule has 34 heteroatoms. The van der Waals surface area contributed by atoms with Gasteiger partial charge in [0.05, 0.1) is 68.2 Å². The van der Waals surface area contributed by atoms with Crippen LogP contribution in [0.2, 0.25) is 10.0 Å². The van der Waals surface area contributed by atoms with Crippen molar-refractivity contribution in [1.29, 1.82) is 0 Å². The molecular weight excluding hydrogens is 1380 g/mol. The van der Waals surface area contributed by atoms with Crippen molar-refractivity contribution in [2.75, 3.05) is 34.5 Å². The van der Waals surface area contributed by atoms with Crippen LogP contribution < -0.4 is 72.8 Å². The lowest BCUT2D eigenvalue weighted by Gasteiger charge is -2.47. The van der Waals surface area contributed by atoms with Crippen molar-refractivity contribution in [3.63, 3.8) is 0 Å². The molecule has 2 fully saturated rings. The second-order valence-electron chi connectivity index (χ2n) is 26.1. The number of phenolic OH excluding ortho intramolecular Hbond substituents is 1. The third kappa shape index (κ3) is 16.1. The number of primary amides is 1. The number of aliphatic imine (C=N–C) groups is 1. The number of aliphatic hydroxyl groups excluding tert-OH is 7. The number of aliphatic hydroxyl groups is 7. The number of phenols is 1. The lowest BCUT2D eigenvalue weighted by molar-refractivity contribution is -0.333. The summed E-state index contributed by atoms with van der Waals surface area (Å²) in [5.74, 6) is -9.88. The van der Waals surface area contributed by atoms with E-state index in [-0.39, 0.29) is 90.7 Å². The number of carbonyl (C=O) groups is 6. The van der Waals surface area contributed by atoms with E-state index in [0.717, 1.165) is 0 Å². The summed E-state index contributed by atoms with van der Waals surface area (Å²) < 4.78 is 50.2. The fourth-order valence-electron chi connectivity index (χ4n) is 12.8. The van der Waals surface area contributed by atoms with Gasteiger partial charge in [-0.2, -0.15) is 0 Å². The van der Waals surface area contributed by atoms with E-state index in [4.69, 9.17) is 83.3 Å². The zero-order valence-corrected chi connectivity index (χ0v) is 57.7. The average Bonchev–Trinajstić information content (AvgIpc) is 0.768. The van der Waals surface area contributed by atoms with Crippen molar-refractivity contribution in [2.45, 2.75) is 156 Å². The number of carbonyl (C=O) groups excluding carboxylic acids is 6. The molecule has 0 radical (unpaired) electrons. The highest BCUT2D eigenvalue weighted by Crippen LogP contribution is 2.50. The lowest BCUT2D eigenvalue weighted by atomic mass is 9.86. The van der Waals surface area contributed by atoms with Gasteiger partial charge < -0.3 is 128 Å². The topological polar surface area (TPSA) is 501 Å². The number of ether oxygens (including phenoxy) is 8. The monoisotopic (exact) mass is 1460 g/mol. The van der Waals surface area contributed by atoms with E-state index in [1.54, 1.807) is 0 Å². The summed E-state index contributed by atoms with van der Waals surface area (Å²) in [5, 5.41) is 108. The van der Waals surface area contributed by atoms with Crippen LogP contribution in [0.5, 0.6) is 46.0 Å². The minimum absolute atomic E-state index is 0.0303. The third-order valence-corrected chi connectivity index (χ3v) is 18.8. The first kappa shape index (κ1) is 75.9. The smallest absolute Gasteiger partial charge is 0.250 e. The van der Waals surface area contributed by atoms with Crippen LogP contribution in [0.4, 0.5) is 0 Å². The Kier molecular flexibility index (Phi) is 23.4. The number of nitrogens with two attached hydrogens (primary N) is 3. The number of amidine groups is 1. The number of hydrogen-bond donors (Lipinski definition) is 17. The summed E-state index contributed by atoms with van der Waals surface area (Å²) in [4.78, 5) is 93.1. The number of benzene rings is 5. The van der Waals surface area contributed by atoms with Crippen LogP contribution in [0.3, 0.4) is 0 Å². The summed E-state index contributed by atoms with van der Waals surface area (Å²) in [7, 11) is 4.16. The Morgan fingerprint density at radius 2 is 1.39 bits per heavy atom. The molecule has 0 unspecified atom stereocenters. The molecule has 2 saturated heterocycles. The fraction of sp³-hybridized carbons (Fsp3) is 0.456. The van der Waals surface area contributed by atoms with Crippen LogP contribution in [0.25, 0.3) is 11.1 Å². The summed E-state index contributed by atoms with van der Waals surface area (Å²) in [5.41, 5.74) is 17.7. The van der Waals surface area contributed by atoms with Crippen LogP contribution in [-0.4, -0.2) is 196 Å². The fourth-order valence-corrected chi connectivity index (χ4v) is 13.2. The van der Waals surface area contributed by atoms with Gasteiger partial charge in [-0.3, -0.25) is 33.8 Å². The minimum atomic E-state index is -2.04. The molecule has 7 aliphatic rings. The Hall–Kier alpha value is -8.71. The molecule has 18 atom stereocenters. The largest absolute Gasteiger partial charge is 0.507 e. The van der Waals surface area contributed by atoms with Crippen LogP contribution in [0.15, 0.2) is 83.9 Å². The second kappa shape index (κ2) is 31.5. The maximum atomic E-state index is 15.6. The Bertz CT molecular complexity index is 4040. The van der Waals surface area contributed by atoms with Gasteiger partial charge in [0.25, 0.3) is 0 Å². The molecule has 6 amide bonds. The number of hydrogen-bond acceptors (Lipinski definition) is 26. The molecule has 7 heterocycles. The average molecular weight is 1460 g/mol. The highest BCUT2D eigenvalue weighted by atomic mass is 35.5. The van der Waals surface area contributed by atoms with E-state index < -0.39 is 193 Å². The van der Waals surface area contributed by atoms with E-state index in [1.807, 2.05) is 13.8 Å². The van der Waals surface area contributed by atoms with Crippen LogP contribution >= 0.6 is 23.2 Å². The van der Waals surface area contributed by atoms with Gasteiger partial charge in [-0.25, -0.2) is 0 Å². The van der Waals surface area contributed by atoms with E-state index in [2.05, 4.69) is 31.9 Å². The van der Waals surface area contributed by atoms with Crippen molar-refractivity contribution in [3.05, 3.63) is 117 Å². The zero-order chi connectivity index (χ0) is 74.1. The van der Waals surface area contributed by atoms with Gasteiger partial charge >= 0.3 is 0 Å². The second-order valence-corrected chi connectivity index (χ2v) is 26.9. The van der Waals surface area contributed by atoms with Crippen LogP contribution in [-0.2, 0) is 43.0 Å². The maximum Gasteiger partial charge on any atom is 0.250 e. The normalized spacial score (nSPS) is 29.3. The molecule has 5 aromatic rings. The maximum absolute atomic E-state index is 15.6. The minimum Gasteiger partial charge on any atom is -0.507 e. The Morgan fingerprint density at radius 3 is 1.97 bits per heavy atom. The van der Waals surface area contributed by atoms with Gasteiger partial charge in [-0.05, 0) is 116 Å². The first-order chi connectivity index (χ1) is 48.4. The van der Waals surface area contributed by atoms with Gasteiger partial charge in [0, 0.05) is 29.2 Å². The number of nitrogens with zero attached hydrogens (tertiary/aromatic N) is 1. The number of rotatable bonds is 15. The molecule has 550 valence electrons. The molecule has 12 rings (SSSR count). The predicted molar refractivity (Wildman–Crippen MR) is 362 cm³/mol. The zero-order valence-electron chi connectivity index (χ0n) is 56.2. The first-order valence-corrected chi connectivity index (χ1v) is 33.2. The molecule has 20 N–H and O–H groups in total. The van der Waals surface area contributed by atoms with Crippen molar-refractivity contribution >= 4 is 64.5 Å². The summed E-state index contributed by atoms with van der Waals surface area (Å²) >= 11 is 14.3. The van der Waals surface area contributed by atoms with Gasteiger partial charge in [0.2, 0.25) is 47.5 Å². The molecule has 11 bridgehead atoms. The van der Waals surface area contributed by atoms with Gasteiger partial charge in [-0.15, -0.1) is 0 Å². The lowest BCUT2D eigenvalue weighted by Crippen LogP contribution is -2.64. The molecule has 0 saturated carbocycles. The Morgan fingerprint density at radius 1 is 0.755 bits per heavy atom. The highest BCUT2D eigenvalue weighted by molar-refractivity contribution is 6.32. The number of methoxy groups -OCH3 is 2. The number of likely N-dealkylation sites (N-methyl/N-ethyl adjacent to an activating group) is 1. The van der Waals surface area contributed by atoms with Gasteiger partial charge in [-0.1, -0.05) is 55.2 Å². The van der Waals surface area contributed by atoms with Gasteiger partial charge in [0.1, 0.15) is 89.3 Å². The van der Waals surface area contributed by atoms with E-state index in [9.17, 15) is 55.2 Å². The molecule has 0 aliphatic carbocycles.